The molecule has 1 aliphatic carbocycles. The second kappa shape index (κ2) is 4.94. The van der Waals surface area contributed by atoms with Gasteiger partial charge in [-0.25, -0.2) is 4.98 Å². The predicted octanol–water partition coefficient (Wildman–Crippen LogP) is 2.72. The molecule has 1 aliphatic rings. The number of rotatable bonds is 3. The van der Waals surface area contributed by atoms with Crippen molar-refractivity contribution in [2.24, 2.45) is 0 Å². The number of aromatic nitrogens is 2. The van der Waals surface area contributed by atoms with Gasteiger partial charge in [0.2, 0.25) is 0 Å². The van der Waals surface area contributed by atoms with Gasteiger partial charge in [-0.3, -0.25) is 14.2 Å². The summed E-state index contributed by atoms with van der Waals surface area (Å²) in [7, 11) is 0. The van der Waals surface area contributed by atoms with Crippen LogP contribution in [-0.4, -0.2) is 20.6 Å². The third-order valence-corrected chi connectivity index (χ3v) is 5.24. The molecule has 5 nitrogen and oxygen atoms in total. The average Bonchev–Trinajstić information content (AvgIpc) is 2.95. The largest absolute Gasteiger partial charge is 0.481 e. The predicted molar refractivity (Wildman–Crippen MR) is 82.3 cm³/mol. The molecule has 21 heavy (non-hydrogen) atoms. The lowest BCUT2D eigenvalue weighted by Crippen LogP contribution is -2.27. The highest BCUT2D eigenvalue weighted by Crippen LogP contribution is 2.42. The second-order valence-corrected chi connectivity index (χ2v) is 6.78. The van der Waals surface area contributed by atoms with Crippen LogP contribution in [0.15, 0.2) is 4.79 Å². The molecule has 2 heterocycles. The van der Waals surface area contributed by atoms with E-state index in [1.807, 2.05) is 20.8 Å². The summed E-state index contributed by atoms with van der Waals surface area (Å²) in [6, 6.07) is 0.0181. The minimum absolute atomic E-state index is 0.0181. The Morgan fingerprint density at radius 3 is 2.81 bits per heavy atom. The number of thiophene rings is 1. The van der Waals surface area contributed by atoms with E-state index in [0.29, 0.717) is 23.1 Å². The molecular formula is C15H18N2O3S. The van der Waals surface area contributed by atoms with E-state index in [-0.39, 0.29) is 11.6 Å². The van der Waals surface area contributed by atoms with Crippen molar-refractivity contribution in [3.05, 3.63) is 26.6 Å². The van der Waals surface area contributed by atoms with Crippen LogP contribution >= 0.6 is 11.3 Å². The fourth-order valence-corrected chi connectivity index (χ4v) is 4.43. The summed E-state index contributed by atoms with van der Waals surface area (Å²) in [5, 5.41) is 9.92. The van der Waals surface area contributed by atoms with Crippen LogP contribution in [0.3, 0.4) is 0 Å². The van der Waals surface area contributed by atoms with Crippen LogP contribution in [0, 0.1) is 0 Å². The highest BCUT2D eigenvalue weighted by Gasteiger charge is 2.34. The second-order valence-electron chi connectivity index (χ2n) is 5.70. The van der Waals surface area contributed by atoms with Gasteiger partial charge in [0.05, 0.1) is 11.3 Å². The maximum Gasteiger partial charge on any atom is 0.311 e. The van der Waals surface area contributed by atoms with Gasteiger partial charge in [0.15, 0.2) is 0 Å². The molecule has 112 valence electrons. The quantitative estimate of drug-likeness (QED) is 0.946. The molecule has 0 saturated carbocycles. The van der Waals surface area contributed by atoms with Crippen molar-refractivity contribution in [3.63, 3.8) is 0 Å². The molecule has 6 heteroatoms. The van der Waals surface area contributed by atoms with Crippen LogP contribution in [-0.2, 0) is 17.6 Å². The Kier molecular flexibility index (Phi) is 3.36. The number of aryl methyl sites for hydroxylation is 2. The third-order valence-electron chi connectivity index (χ3n) is 4.08. The van der Waals surface area contributed by atoms with E-state index < -0.39 is 11.9 Å². The van der Waals surface area contributed by atoms with E-state index in [1.54, 1.807) is 4.57 Å². The van der Waals surface area contributed by atoms with E-state index in [0.717, 1.165) is 22.7 Å². The summed E-state index contributed by atoms with van der Waals surface area (Å²) in [6.07, 6.45) is 2.01. The third kappa shape index (κ3) is 2.00. The van der Waals surface area contributed by atoms with Gasteiger partial charge < -0.3 is 5.11 Å². The van der Waals surface area contributed by atoms with Gasteiger partial charge in [0.25, 0.3) is 5.56 Å². The van der Waals surface area contributed by atoms with Gasteiger partial charge in [-0.1, -0.05) is 6.92 Å². The molecule has 0 fully saturated rings. The maximum atomic E-state index is 12.9. The van der Waals surface area contributed by atoms with E-state index >= 15 is 0 Å². The topological polar surface area (TPSA) is 72.2 Å². The standard InChI is InChI=1S/C15H18N2O3S/c1-4-10-16-13-12(14(18)17(10)7(2)3)11-8(15(19)20)5-6-9(11)21-13/h7-8H,4-6H2,1-3H3,(H,19,20). The first kappa shape index (κ1) is 14.3. The van der Waals surface area contributed by atoms with Crippen molar-refractivity contribution in [3.8, 4) is 0 Å². The molecule has 0 amide bonds. The first-order chi connectivity index (χ1) is 9.95. The van der Waals surface area contributed by atoms with Crippen molar-refractivity contribution < 1.29 is 9.90 Å². The zero-order valence-corrected chi connectivity index (χ0v) is 13.2. The molecule has 0 aromatic carbocycles. The Hall–Kier alpha value is -1.69. The van der Waals surface area contributed by atoms with Crippen molar-refractivity contribution in [2.45, 2.75) is 52.0 Å². The molecule has 1 atom stereocenters. The summed E-state index contributed by atoms with van der Waals surface area (Å²) in [6.45, 7) is 5.89. The van der Waals surface area contributed by atoms with Gasteiger partial charge in [0, 0.05) is 17.3 Å². The van der Waals surface area contributed by atoms with Crippen molar-refractivity contribution in [1.29, 1.82) is 0 Å². The molecule has 3 rings (SSSR count). The minimum Gasteiger partial charge on any atom is -0.481 e. The fourth-order valence-electron chi connectivity index (χ4n) is 3.17. The van der Waals surface area contributed by atoms with Crippen LogP contribution in [0.5, 0.6) is 0 Å². The SMILES string of the molecule is CCc1nc2sc3c(c2c(=O)n1C(C)C)C(C(=O)O)CC3. The van der Waals surface area contributed by atoms with Crippen LogP contribution in [0.25, 0.3) is 10.2 Å². The van der Waals surface area contributed by atoms with E-state index in [9.17, 15) is 14.7 Å². The molecule has 0 spiro atoms. The van der Waals surface area contributed by atoms with Crippen molar-refractivity contribution in [1.82, 2.24) is 9.55 Å². The number of hydrogen-bond donors (Lipinski definition) is 1. The Labute approximate surface area is 126 Å². The minimum atomic E-state index is -0.844. The van der Waals surface area contributed by atoms with Gasteiger partial charge >= 0.3 is 5.97 Å². The van der Waals surface area contributed by atoms with Gasteiger partial charge in [-0.15, -0.1) is 11.3 Å². The molecular weight excluding hydrogens is 288 g/mol. The summed E-state index contributed by atoms with van der Waals surface area (Å²) in [5.74, 6) is -0.630. The zero-order chi connectivity index (χ0) is 15.3. The molecule has 0 radical (unpaired) electrons. The van der Waals surface area contributed by atoms with Crippen molar-refractivity contribution >= 4 is 27.5 Å². The summed E-state index contributed by atoms with van der Waals surface area (Å²) in [4.78, 5) is 30.6. The summed E-state index contributed by atoms with van der Waals surface area (Å²) < 4.78 is 1.70. The highest BCUT2D eigenvalue weighted by atomic mass is 32.1. The Morgan fingerprint density at radius 2 is 2.24 bits per heavy atom. The maximum absolute atomic E-state index is 12.9. The zero-order valence-electron chi connectivity index (χ0n) is 12.3. The number of fused-ring (bicyclic) bond motifs is 3. The van der Waals surface area contributed by atoms with Gasteiger partial charge in [0.1, 0.15) is 10.7 Å². The number of carboxylic acid groups (broad SMARTS) is 1. The summed E-state index contributed by atoms with van der Waals surface area (Å²) in [5.41, 5.74) is 0.634. The van der Waals surface area contributed by atoms with E-state index in [1.165, 1.54) is 11.3 Å². The van der Waals surface area contributed by atoms with Crippen LogP contribution < -0.4 is 5.56 Å². The lowest BCUT2D eigenvalue weighted by molar-refractivity contribution is -0.138. The average molecular weight is 306 g/mol. The summed E-state index contributed by atoms with van der Waals surface area (Å²) >= 11 is 1.48. The number of aliphatic carboxylic acids is 1. The lowest BCUT2D eigenvalue weighted by Gasteiger charge is -2.15. The smallest absolute Gasteiger partial charge is 0.311 e. The number of nitrogens with zero attached hydrogens (tertiary/aromatic N) is 2. The first-order valence-corrected chi connectivity index (χ1v) is 8.06. The molecule has 1 unspecified atom stereocenters. The van der Waals surface area contributed by atoms with Crippen LogP contribution in [0.4, 0.5) is 0 Å². The van der Waals surface area contributed by atoms with E-state index in [2.05, 4.69) is 4.98 Å². The Morgan fingerprint density at radius 1 is 1.52 bits per heavy atom. The molecule has 2 aromatic heterocycles. The highest BCUT2D eigenvalue weighted by molar-refractivity contribution is 7.18. The van der Waals surface area contributed by atoms with Crippen molar-refractivity contribution in [2.75, 3.05) is 0 Å². The number of carbonyl (C=O) groups is 1. The molecule has 0 aliphatic heterocycles. The van der Waals surface area contributed by atoms with Crippen LogP contribution in [0.1, 0.15) is 55.4 Å². The number of hydrogen-bond acceptors (Lipinski definition) is 4. The normalized spacial score (nSPS) is 17.6. The van der Waals surface area contributed by atoms with Gasteiger partial charge in [-0.05, 0) is 32.3 Å². The molecule has 0 saturated heterocycles. The molecule has 2 aromatic rings. The molecule has 0 bridgehead atoms. The number of carboxylic acids is 1. The lowest BCUT2D eigenvalue weighted by atomic mass is 10.0. The Bertz CT molecular complexity index is 788. The van der Waals surface area contributed by atoms with Crippen LogP contribution in [0.2, 0.25) is 0 Å². The fraction of sp³-hybridized carbons (Fsp3) is 0.533. The molecule has 1 N–H and O–H groups in total. The first-order valence-electron chi connectivity index (χ1n) is 7.25. The van der Waals surface area contributed by atoms with Gasteiger partial charge in [-0.2, -0.15) is 0 Å². The Balaban J connectivity index is 2.38. The van der Waals surface area contributed by atoms with E-state index in [4.69, 9.17) is 0 Å². The monoisotopic (exact) mass is 306 g/mol.